The van der Waals surface area contributed by atoms with Crippen LogP contribution in [0.3, 0.4) is 0 Å². The molecular formula is C4H11NO4. The highest BCUT2D eigenvalue weighted by molar-refractivity contribution is 4.62. The van der Waals surface area contributed by atoms with E-state index >= 15 is 0 Å². The summed E-state index contributed by atoms with van der Waals surface area (Å²) >= 11 is 0. The fourth-order valence-electron chi connectivity index (χ4n) is 0.379. The highest BCUT2D eigenvalue weighted by Gasteiger charge is 2.20. The molecule has 0 amide bonds. The van der Waals surface area contributed by atoms with Crippen LogP contribution in [0.25, 0.3) is 0 Å². The van der Waals surface area contributed by atoms with E-state index in [4.69, 9.17) is 26.2 Å². The summed E-state index contributed by atoms with van der Waals surface area (Å²) in [7, 11) is 0. The van der Waals surface area contributed by atoms with Crippen LogP contribution in [0.4, 0.5) is 0 Å². The first-order chi connectivity index (χ1) is 4.09. The van der Waals surface area contributed by atoms with Crippen molar-refractivity contribution in [1.82, 2.24) is 0 Å². The summed E-state index contributed by atoms with van der Waals surface area (Å²) in [5, 5.41) is 33.5. The maximum absolute atomic E-state index is 8.48. The molecule has 0 fully saturated rings. The number of hydrogen-bond donors (Lipinski definition) is 5. The van der Waals surface area contributed by atoms with Crippen LogP contribution in [-0.2, 0) is 0 Å². The van der Waals surface area contributed by atoms with Crippen LogP contribution in [-0.4, -0.2) is 39.6 Å². The molecule has 2 atom stereocenters. The van der Waals surface area contributed by atoms with Gasteiger partial charge in [0.1, 0.15) is 6.23 Å². The molecule has 0 saturated heterocycles. The number of aliphatic hydroxyl groups is 4. The minimum Gasteiger partial charge on any atom is -0.396 e. The van der Waals surface area contributed by atoms with Crippen LogP contribution in [0.15, 0.2) is 0 Å². The summed E-state index contributed by atoms with van der Waals surface area (Å²) in [5.74, 6) is -1.08. The lowest BCUT2D eigenvalue weighted by molar-refractivity contribution is -0.129. The standard InChI is InChI=1S/C4H11NO4/c5-3(7)2(1-6)4(8)9/h2-4,6-9H,1,5H2. The van der Waals surface area contributed by atoms with Gasteiger partial charge in [0, 0.05) is 0 Å². The predicted molar refractivity (Wildman–Crippen MR) is 29.0 cm³/mol. The SMILES string of the molecule is NC(O)C(CO)C(O)O. The lowest BCUT2D eigenvalue weighted by atomic mass is 10.1. The predicted octanol–water partition coefficient (Wildman–Crippen LogP) is -2.82. The highest BCUT2D eigenvalue weighted by atomic mass is 16.5. The molecule has 0 aromatic rings. The van der Waals surface area contributed by atoms with Gasteiger partial charge in [-0.05, 0) is 0 Å². The molecule has 0 aliphatic carbocycles. The van der Waals surface area contributed by atoms with Crippen molar-refractivity contribution in [2.45, 2.75) is 12.5 Å². The van der Waals surface area contributed by atoms with Gasteiger partial charge in [-0.2, -0.15) is 0 Å². The zero-order chi connectivity index (χ0) is 7.44. The second-order valence-corrected chi connectivity index (χ2v) is 1.75. The van der Waals surface area contributed by atoms with E-state index in [0.29, 0.717) is 0 Å². The summed E-state index contributed by atoms with van der Waals surface area (Å²) in [6, 6.07) is 0. The molecule has 0 aromatic heterocycles. The van der Waals surface area contributed by atoms with Crippen molar-refractivity contribution in [3.63, 3.8) is 0 Å². The lowest BCUT2D eigenvalue weighted by Gasteiger charge is -2.17. The molecule has 2 unspecified atom stereocenters. The Morgan fingerprint density at radius 3 is 1.67 bits per heavy atom. The van der Waals surface area contributed by atoms with E-state index in [1.165, 1.54) is 0 Å². The molecule has 5 nitrogen and oxygen atoms in total. The van der Waals surface area contributed by atoms with Gasteiger partial charge in [-0.25, -0.2) is 0 Å². The van der Waals surface area contributed by atoms with Gasteiger partial charge >= 0.3 is 0 Å². The second-order valence-electron chi connectivity index (χ2n) is 1.75. The van der Waals surface area contributed by atoms with Crippen molar-refractivity contribution in [2.75, 3.05) is 6.61 Å². The van der Waals surface area contributed by atoms with E-state index in [1.807, 2.05) is 0 Å². The molecule has 56 valence electrons. The molecule has 9 heavy (non-hydrogen) atoms. The smallest absolute Gasteiger partial charge is 0.160 e. The number of aliphatic hydroxyl groups excluding tert-OH is 3. The Kier molecular flexibility index (Phi) is 3.67. The first-order valence-corrected chi connectivity index (χ1v) is 2.50. The second kappa shape index (κ2) is 3.76. The summed E-state index contributed by atoms with van der Waals surface area (Å²) in [4.78, 5) is 0. The van der Waals surface area contributed by atoms with E-state index in [1.54, 1.807) is 0 Å². The molecule has 5 heteroatoms. The van der Waals surface area contributed by atoms with Crippen molar-refractivity contribution in [3.8, 4) is 0 Å². The third-order valence-electron chi connectivity index (χ3n) is 1.03. The van der Waals surface area contributed by atoms with Crippen LogP contribution in [0.2, 0.25) is 0 Å². The van der Waals surface area contributed by atoms with Crippen LogP contribution in [0.1, 0.15) is 0 Å². The minimum absolute atomic E-state index is 0.546. The average molecular weight is 137 g/mol. The summed E-state index contributed by atoms with van der Waals surface area (Å²) in [6.07, 6.45) is -3.16. The number of hydrogen-bond acceptors (Lipinski definition) is 5. The average Bonchev–Trinajstić information content (AvgIpc) is 1.64. The Balaban J connectivity index is 3.68. The molecule has 0 saturated carbocycles. The Hall–Kier alpha value is -0.200. The molecule has 0 bridgehead atoms. The largest absolute Gasteiger partial charge is 0.396 e. The van der Waals surface area contributed by atoms with E-state index in [9.17, 15) is 0 Å². The zero-order valence-electron chi connectivity index (χ0n) is 4.81. The lowest BCUT2D eigenvalue weighted by Crippen LogP contribution is -2.40. The molecule has 0 heterocycles. The number of nitrogens with two attached hydrogens (primary N) is 1. The number of rotatable bonds is 3. The third kappa shape index (κ3) is 2.73. The van der Waals surface area contributed by atoms with Gasteiger partial charge in [0.25, 0.3) is 0 Å². The molecule has 0 aromatic carbocycles. The zero-order valence-corrected chi connectivity index (χ0v) is 4.81. The fourth-order valence-corrected chi connectivity index (χ4v) is 0.379. The maximum Gasteiger partial charge on any atom is 0.160 e. The first kappa shape index (κ1) is 8.80. The van der Waals surface area contributed by atoms with E-state index in [-0.39, 0.29) is 0 Å². The highest BCUT2D eigenvalue weighted by Crippen LogP contribution is 2.01. The monoisotopic (exact) mass is 137 g/mol. The van der Waals surface area contributed by atoms with Crippen LogP contribution in [0.5, 0.6) is 0 Å². The van der Waals surface area contributed by atoms with E-state index < -0.39 is 25.0 Å². The van der Waals surface area contributed by atoms with E-state index in [0.717, 1.165) is 0 Å². The first-order valence-electron chi connectivity index (χ1n) is 2.50. The quantitative estimate of drug-likeness (QED) is 0.270. The van der Waals surface area contributed by atoms with Gasteiger partial charge in [0.15, 0.2) is 6.29 Å². The molecule has 0 radical (unpaired) electrons. The topological polar surface area (TPSA) is 107 Å². The van der Waals surface area contributed by atoms with Crippen molar-refractivity contribution in [1.29, 1.82) is 0 Å². The Labute approximate surface area is 52.4 Å². The molecule has 0 rings (SSSR count). The Bertz CT molecular complexity index is 67.0. The molecular weight excluding hydrogens is 126 g/mol. The molecule has 0 aliphatic rings. The van der Waals surface area contributed by atoms with Gasteiger partial charge in [-0.1, -0.05) is 0 Å². The van der Waals surface area contributed by atoms with Crippen molar-refractivity contribution >= 4 is 0 Å². The van der Waals surface area contributed by atoms with Gasteiger partial charge < -0.3 is 26.2 Å². The minimum atomic E-state index is -1.77. The van der Waals surface area contributed by atoms with Gasteiger partial charge in [0.2, 0.25) is 0 Å². The molecule has 6 N–H and O–H groups in total. The van der Waals surface area contributed by atoms with Crippen molar-refractivity contribution < 1.29 is 20.4 Å². The van der Waals surface area contributed by atoms with Crippen molar-refractivity contribution in [3.05, 3.63) is 0 Å². The molecule has 0 aliphatic heterocycles. The van der Waals surface area contributed by atoms with E-state index in [2.05, 4.69) is 0 Å². The third-order valence-corrected chi connectivity index (χ3v) is 1.03. The summed E-state index contributed by atoms with van der Waals surface area (Å²) < 4.78 is 0. The van der Waals surface area contributed by atoms with Crippen LogP contribution < -0.4 is 5.73 Å². The van der Waals surface area contributed by atoms with Gasteiger partial charge in [0.05, 0.1) is 12.5 Å². The van der Waals surface area contributed by atoms with Crippen LogP contribution in [0, 0.1) is 5.92 Å². The summed E-state index contributed by atoms with van der Waals surface area (Å²) in [5.41, 5.74) is 4.82. The van der Waals surface area contributed by atoms with Gasteiger partial charge in [-0.15, -0.1) is 0 Å². The molecule has 0 spiro atoms. The maximum atomic E-state index is 8.48. The van der Waals surface area contributed by atoms with Gasteiger partial charge in [-0.3, -0.25) is 0 Å². The normalized spacial score (nSPS) is 18.0. The fraction of sp³-hybridized carbons (Fsp3) is 1.00. The Morgan fingerprint density at radius 1 is 1.22 bits per heavy atom. The van der Waals surface area contributed by atoms with Crippen LogP contribution >= 0.6 is 0 Å². The summed E-state index contributed by atoms with van der Waals surface area (Å²) in [6.45, 7) is -0.546. The Morgan fingerprint density at radius 2 is 1.67 bits per heavy atom. The van der Waals surface area contributed by atoms with Crippen molar-refractivity contribution in [2.24, 2.45) is 11.7 Å².